The Balaban J connectivity index is 1.80. The van der Waals surface area contributed by atoms with Crippen LogP contribution in [0.2, 0.25) is 0 Å². The molecule has 0 bridgehead atoms. The molecule has 0 aliphatic rings. The highest BCUT2D eigenvalue weighted by molar-refractivity contribution is 5.96. The molecule has 0 aliphatic heterocycles. The van der Waals surface area contributed by atoms with Crippen molar-refractivity contribution in [1.29, 1.82) is 0 Å². The molecule has 4 rings (SSSR count). The van der Waals surface area contributed by atoms with Gasteiger partial charge in [0.25, 0.3) is 0 Å². The summed E-state index contributed by atoms with van der Waals surface area (Å²) in [6, 6.07) is 10.1. The summed E-state index contributed by atoms with van der Waals surface area (Å²) in [5.74, 6) is -0.449. The lowest BCUT2D eigenvalue weighted by Crippen LogP contribution is -2.03. The van der Waals surface area contributed by atoms with Crippen molar-refractivity contribution >= 4 is 16.9 Å². The lowest BCUT2D eigenvalue weighted by Gasteiger charge is -2.08. The number of aliphatic hydroxyl groups excluding tert-OH is 1. The zero-order chi connectivity index (χ0) is 21.3. The van der Waals surface area contributed by atoms with Crippen LogP contribution in [0.5, 0.6) is 0 Å². The third-order valence-corrected chi connectivity index (χ3v) is 5.08. The molecule has 2 aromatic carbocycles. The van der Waals surface area contributed by atoms with Crippen molar-refractivity contribution in [2.24, 2.45) is 0 Å². The standard InChI is InChI=1S/C23H20FN3O3/c1-3-14-4-7-20(24)19(8-14)16-10-25-23(26-11-16)27-12-17(13-28)18-6-5-15(9-21(18)27)22(29)30-2/h4-12,28H,3,13H2,1-2H3. The Hall–Kier alpha value is -3.58. The van der Waals surface area contributed by atoms with E-state index in [2.05, 4.69) is 9.97 Å². The summed E-state index contributed by atoms with van der Waals surface area (Å²) < 4.78 is 20.8. The van der Waals surface area contributed by atoms with E-state index in [4.69, 9.17) is 4.74 Å². The summed E-state index contributed by atoms with van der Waals surface area (Å²) in [4.78, 5) is 20.7. The highest BCUT2D eigenvalue weighted by atomic mass is 19.1. The van der Waals surface area contributed by atoms with Crippen molar-refractivity contribution in [1.82, 2.24) is 14.5 Å². The minimum atomic E-state index is -0.460. The maximum atomic E-state index is 14.3. The normalized spacial score (nSPS) is 11.1. The molecule has 0 unspecified atom stereocenters. The van der Waals surface area contributed by atoms with E-state index in [1.54, 1.807) is 53.5 Å². The molecule has 0 amide bonds. The predicted octanol–water partition coefficient (Wildman–Crippen LogP) is 4.07. The minimum absolute atomic E-state index is 0.172. The molecule has 0 saturated heterocycles. The number of methoxy groups -OCH3 is 1. The van der Waals surface area contributed by atoms with Gasteiger partial charge in [0.1, 0.15) is 5.82 Å². The average molecular weight is 405 g/mol. The molecule has 2 aromatic heterocycles. The number of aryl methyl sites for hydroxylation is 1. The van der Waals surface area contributed by atoms with Crippen molar-refractivity contribution in [3.63, 3.8) is 0 Å². The molecule has 7 heteroatoms. The van der Waals surface area contributed by atoms with Crippen LogP contribution in [0.4, 0.5) is 4.39 Å². The van der Waals surface area contributed by atoms with E-state index in [1.807, 2.05) is 6.92 Å². The highest BCUT2D eigenvalue weighted by Gasteiger charge is 2.15. The lowest BCUT2D eigenvalue weighted by atomic mass is 10.0. The number of nitrogens with zero attached hydrogens (tertiary/aromatic N) is 3. The number of benzene rings is 2. The van der Waals surface area contributed by atoms with Gasteiger partial charge in [0, 0.05) is 40.7 Å². The first-order valence-corrected chi connectivity index (χ1v) is 9.50. The molecule has 0 fully saturated rings. The minimum Gasteiger partial charge on any atom is -0.465 e. The van der Waals surface area contributed by atoms with Gasteiger partial charge >= 0.3 is 5.97 Å². The number of aliphatic hydroxyl groups is 1. The number of hydrogen-bond donors (Lipinski definition) is 1. The molecule has 6 nitrogen and oxygen atoms in total. The second-order valence-electron chi connectivity index (χ2n) is 6.85. The molecule has 30 heavy (non-hydrogen) atoms. The van der Waals surface area contributed by atoms with Crippen LogP contribution in [-0.2, 0) is 17.8 Å². The first-order valence-electron chi connectivity index (χ1n) is 9.50. The molecule has 152 valence electrons. The molecule has 0 saturated carbocycles. The molecule has 4 aromatic rings. The van der Waals surface area contributed by atoms with Gasteiger partial charge in [0.15, 0.2) is 0 Å². The van der Waals surface area contributed by atoms with Crippen LogP contribution in [0.15, 0.2) is 55.0 Å². The fourth-order valence-electron chi connectivity index (χ4n) is 3.43. The Bertz CT molecular complexity index is 1230. The van der Waals surface area contributed by atoms with E-state index in [0.717, 1.165) is 17.4 Å². The summed E-state index contributed by atoms with van der Waals surface area (Å²) in [5.41, 5.74) is 3.76. The number of carbonyl (C=O) groups excluding carboxylic acids is 1. The first-order chi connectivity index (χ1) is 14.5. The maximum absolute atomic E-state index is 14.3. The van der Waals surface area contributed by atoms with Crippen LogP contribution in [0.25, 0.3) is 28.0 Å². The van der Waals surface area contributed by atoms with Gasteiger partial charge < -0.3 is 9.84 Å². The van der Waals surface area contributed by atoms with Crippen molar-refractivity contribution in [2.45, 2.75) is 20.0 Å². The molecule has 1 N–H and O–H groups in total. The quantitative estimate of drug-likeness (QED) is 0.507. The SMILES string of the molecule is CCc1ccc(F)c(-c2cnc(-n3cc(CO)c4ccc(C(=O)OC)cc43)nc2)c1. The van der Waals surface area contributed by atoms with Gasteiger partial charge in [-0.3, -0.25) is 4.57 Å². The smallest absolute Gasteiger partial charge is 0.337 e. The highest BCUT2D eigenvalue weighted by Crippen LogP contribution is 2.27. The maximum Gasteiger partial charge on any atom is 0.337 e. The van der Waals surface area contributed by atoms with Crippen molar-refractivity contribution in [3.8, 4) is 17.1 Å². The van der Waals surface area contributed by atoms with Crippen LogP contribution in [0, 0.1) is 5.82 Å². The number of rotatable bonds is 5. The van der Waals surface area contributed by atoms with Crippen LogP contribution in [-0.4, -0.2) is 32.7 Å². The second-order valence-corrected chi connectivity index (χ2v) is 6.85. The monoisotopic (exact) mass is 405 g/mol. The summed E-state index contributed by atoms with van der Waals surface area (Å²) in [6.07, 6.45) is 5.65. The third kappa shape index (κ3) is 3.44. The zero-order valence-corrected chi connectivity index (χ0v) is 16.6. The van der Waals surface area contributed by atoms with Crippen molar-refractivity contribution in [2.75, 3.05) is 7.11 Å². The first kappa shape index (κ1) is 19.7. The number of halogens is 1. The van der Waals surface area contributed by atoms with Gasteiger partial charge in [-0.05, 0) is 36.2 Å². The van der Waals surface area contributed by atoms with Crippen molar-refractivity contribution in [3.05, 3.63) is 77.5 Å². The molecule has 0 atom stereocenters. The van der Waals surface area contributed by atoms with Gasteiger partial charge in [0.2, 0.25) is 5.95 Å². The van der Waals surface area contributed by atoms with Gasteiger partial charge in [0.05, 0.1) is 24.8 Å². The number of carbonyl (C=O) groups is 1. The van der Waals surface area contributed by atoms with Gasteiger partial charge in [-0.2, -0.15) is 0 Å². The van der Waals surface area contributed by atoms with E-state index >= 15 is 0 Å². The number of hydrogen-bond acceptors (Lipinski definition) is 5. The molecular weight excluding hydrogens is 385 g/mol. The number of ether oxygens (including phenoxy) is 1. The van der Waals surface area contributed by atoms with Crippen molar-refractivity contribution < 1.29 is 19.0 Å². The van der Waals surface area contributed by atoms with E-state index < -0.39 is 5.97 Å². The molecule has 0 radical (unpaired) electrons. The zero-order valence-electron chi connectivity index (χ0n) is 16.6. The Kier molecular flexibility index (Phi) is 5.29. The largest absolute Gasteiger partial charge is 0.465 e. The number of fused-ring (bicyclic) bond motifs is 1. The topological polar surface area (TPSA) is 77.2 Å². The summed E-state index contributed by atoms with van der Waals surface area (Å²) >= 11 is 0. The van der Waals surface area contributed by atoms with Gasteiger partial charge in [-0.1, -0.05) is 19.1 Å². The predicted molar refractivity (Wildman–Crippen MR) is 111 cm³/mol. The molecule has 0 spiro atoms. The van der Waals surface area contributed by atoms with Gasteiger partial charge in [-0.15, -0.1) is 0 Å². The number of aromatic nitrogens is 3. The third-order valence-electron chi connectivity index (χ3n) is 5.08. The van der Waals surface area contributed by atoms with E-state index in [0.29, 0.717) is 33.7 Å². The summed E-state index contributed by atoms with van der Waals surface area (Å²) in [6.45, 7) is 1.84. The average Bonchev–Trinajstić information content (AvgIpc) is 3.17. The van der Waals surface area contributed by atoms with Crippen LogP contribution in [0.1, 0.15) is 28.4 Å². The van der Waals surface area contributed by atoms with E-state index in [-0.39, 0.29) is 12.4 Å². The molecule has 2 heterocycles. The number of esters is 1. The van der Waals surface area contributed by atoms with Crippen LogP contribution >= 0.6 is 0 Å². The van der Waals surface area contributed by atoms with Crippen LogP contribution in [0.3, 0.4) is 0 Å². The second kappa shape index (κ2) is 8.04. The van der Waals surface area contributed by atoms with E-state index in [9.17, 15) is 14.3 Å². The lowest BCUT2D eigenvalue weighted by molar-refractivity contribution is 0.0601. The molecular formula is C23H20FN3O3. The summed E-state index contributed by atoms with van der Waals surface area (Å²) in [7, 11) is 1.32. The molecule has 0 aliphatic carbocycles. The Labute approximate surface area is 172 Å². The fourth-order valence-corrected chi connectivity index (χ4v) is 3.43. The van der Waals surface area contributed by atoms with Gasteiger partial charge in [-0.25, -0.2) is 19.2 Å². The Morgan fingerprint density at radius 1 is 1.17 bits per heavy atom. The van der Waals surface area contributed by atoms with Crippen LogP contribution < -0.4 is 0 Å². The summed E-state index contributed by atoms with van der Waals surface area (Å²) in [5, 5.41) is 10.5. The Morgan fingerprint density at radius 2 is 1.93 bits per heavy atom. The fraction of sp³-hybridized carbons (Fsp3) is 0.174. The van der Waals surface area contributed by atoms with E-state index in [1.165, 1.54) is 13.2 Å². The Morgan fingerprint density at radius 3 is 2.60 bits per heavy atom.